The van der Waals surface area contributed by atoms with E-state index in [9.17, 15) is 8.76 Å². The van der Waals surface area contributed by atoms with Gasteiger partial charge in [0.25, 0.3) is 0 Å². The minimum atomic E-state index is -2.12. The van der Waals surface area contributed by atoms with Crippen molar-refractivity contribution in [2.45, 2.75) is 19.1 Å². The summed E-state index contributed by atoms with van der Waals surface area (Å²) in [6, 6.07) is 11.4. The highest BCUT2D eigenvalue weighted by molar-refractivity contribution is 7.78. The van der Waals surface area contributed by atoms with Crippen molar-refractivity contribution < 1.29 is 13.5 Å². The quantitative estimate of drug-likeness (QED) is 0.608. The highest BCUT2D eigenvalue weighted by atomic mass is 32.2. The van der Waals surface area contributed by atoms with Gasteiger partial charge in [-0.2, -0.15) is 0 Å². The molecule has 0 radical (unpaired) electrons. The van der Waals surface area contributed by atoms with Crippen molar-refractivity contribution in [2.75, 3.05) is 6.61 Å². The summed E-state index contributed by atoms with van der Waals surface area (Å²) in [4.78, 5) is 8.55. The maximum absolute atomic E-state index is 10.8. The molecule has 1 aromatic carbocycles. The molecule has 130 valence electrons. The van der Waals surface area contributed by atoms with Gasteiger partial charge in [0, 0.05) is 17.5 Å². The fourth-order valence-corrected chi connectivity index (χ4v) is 2.86. The molecule has 0 saturated heterocycles. The van der Waals surface area contributed by atoms with Crippen LogP contribution in [-0.4, -0.2) is 29.9 Å². The molecule has 0 spiro atoms. The Labute approximate surface area is 148 Å². The Hall–Kier alpha value is -2.51. The van der Waals surface area contributed by atoms with E-state index in [2.05, 4.69) is 16.9 Å². The molecule has 0 aliphatic carbocycles. The molecule has 0 amide bonds. The third kappa shape index (κ3) is 4.32. The average molecular weight is 356 g/mol. The summed E-state index contributed by atoms with van der Waals surface area (Å²) in [6.07, 6.45) is 5.99. The van der Waals surface area contributed by atoms with Crippen LogP contribution in [-0.2, 0) is 16.8 Å². The van der Waals surface area contributed by atoms with E-state index < -0.39 is 11.1 Å². The van der Waals surface area contributed by atoms with Crippen LogP contribution >= 0.6 is 0 Å². The van der Waals surface area contributed by atoms with Crippen molar-refractivity contribution in [3.63, 3.8) is 0 Å². The molecule has 1 unspecified atom stereocenters. The normalized spacial score (nSPS) is 12.1. The molecule has 2 aromatic heterocycles. The molecule has 0 fully saturated rings. The number of nitrogens with zero attached hydrogens (tertiary/aromatic N) is 3. The molecule has 0 bridgehead atoms. The first-order valence-corrected chi connectivity index (χ1v) is 9.18. The molecular formula is C18H18N3O3S-. The Kier molecular flexibility index (Phi) is 5.57. The highest BCUT2D eigenvalue weighted by Gasteiger charge is 2.08. The fraction of sp³-hybridized carbons (Fsp3) is 0.222. The molecule has 0 aliphatic rings. The van der Waals surface area contributed by atoms with Gasteiger partial charge in [-0.3, -0.25) is 8.78 Å². The first-order valence-electron chi connectivity index (χ1n) is 7.94. The van der Waals surface area contributed by atoms with Gasteiger partial charge in [0.2, 0.25) is 0 Å². The van der Waals surface area contributed by atoms with E-state index in [1.54, 1.807) is 30.9 Å². The number of rotatable bonds is 7. The molecule has 2 heterocycles. The first kappa shape index (κ1) is 17.3. The SMILES string of the molecule is CCCOc1ccc(-c2cncn2-c2ccc(CS(=O)[O-])cn2)cc1. The Balaban J connectivity index is 1.84. The van der Waals surface area contributed by atoms with Gasteiger partial charge in [-0.1, -0.05) is 24.1 Å². The second-order valence-corrected chi connectivity index (χ2v) is 6.39. The van der Waals surface area contributed by atoms with Gasteiger partial charge in [0.15, 0.2) is 0 Å². The first-order chi connectivity index (χ1) is 12.2. The number of aromatic nitrogens is 3. The third-order valence-electron chi connectivity index (χ3n) is 3.60. The number of imidazole rings is 1. The molecule has 7 heteroatoms. The summed E-state index contributed by atoms with van der Waals surface area (Å²) in [5.41, 5.74) is 2.54. The highest BCUT2D eigenvalue weighted by Crippen LogP contribution is 2.24. The van der Waals surface area contributed by atoms with E-state index in [-0.39, 0.29) is 5.75 Å². The van der Waals surface area contributed by atoms with Crippen LogP contribution in [0, 0.1) is 0 Å². The summed E-state index contributed by atoms with van der Waals surface area (Å²) in [5, 5.41) is 0. The van der Waals surface area contributed by atoms with E-state index in [4.69, 9.17) is 4.74 Å². The van der Waals surface area contributed by atoms with E-state index in [1.165, 1.54) is 0 Å². The third-order valence-corrected chi connectivity index (χ3v) is 4.17. The lowest BCUT2D eigenvalue weighted by Gasteiger charge is -2.10. The van der Waals surface area contributed by atoms with Crippen molar-refractivity contribution in [1.82, 2.24) is 14.5 Å². The topological polar surface area (TPSA) is 80.1 Å². The van der Waals surface area contributed by atoms with Crippen molar-refractivity contribution in [3.05, 3.63) is 60.7 Å². The summed E-state index contributed by atoms with van der Waals surface area (Å²) in [6.45, 7) is 2.77. The van der Waals surface area contributed by atoms with Gasteiger partial charge in [0.1, 0.15) is 17.9 Å². The Bertz CT molecular complexity index is 845. The molecular weight excluding hydrogens is 338 g/mol. The van der Waals surface area contributed by atoms with Crippen molar-refractivity contribution >= 4 is 11.1 Å². The zero-order valence-electron chi connectivity index (χ0n) is 13.8. The lowest BCUT2D eigenvalue weighted by Crippen LogP contribution is -2.00. The van der Waals surface area contributed by atoms with Gasteiger partial charge in [0.05, 0.1) is 18.5 Å². The Morgan fingerprint density at radius 3 is 2.60 bits per heavy atom. The van der Waals surface area contributed by atoms with Crippen LogP contribution in [0.25, 0.3) is 17.1 Å². The van der Waals surface area contributed by atoms with Crippen LogP contribution < -0.4 is 4.74 Å². The van der Waals surface area contributed by atoms with Gasteiger partial charge in [-0.25, -0.2) is 9.97 Å². The predicted octanol–water partition coefficient (Wildman–Crippen LogP) is 3.10. The minimum absolute atomic E-state index is 0.0384. The van der Waals surface area contributed by atoms with Crippen LogP contribution in [0.5, 0.6) is 5.75 Å². The van der Waals surface area contributed by atoms with Crippen LogP contribution in [0.1, 0.15) is 18.9 Å². The Morgan fingerprint density at radius 2 is 1.96 bits per heavy atom. The number of pyridine rings is 1. The van der Waals surface area contributed by atoms with Gasteiger partial charge >= 0.3 is 0 Å². The van der Waals surface area contributed by atoms with Crippen LogP contribution in [0.15, 0.2) is 55.1 Å². The maximum atomic E-state index is 10.8. The van der Waals surface area contributed by atoms with Crippen molar-refractivity contribution in [2.24, 2.45) is 0 Å². The summed E-state index contributed by atoms with van der Waals surface area (Å²) in [5.74, 6) is 1.48. The lowest BCUT2D eigenvalue weighted by atomic mass is 10.1. The van der Waals surface area contributed by atoms with Crippen LogP contribution in [0.2, 0.25) is 0 Å². The standard InChI is InChI=1S/C18H19N3O3S/c1-2-9-24-16-6-4-15(5-7-16)17-11-19-13-21(17)18-8-3-14(10-20-18)12-25(22)23/h3-8,10-11,13H,2,9,12H2,1H3,(H,22,23)/p-1. The number of hydrogen-bond donors (Lipinski definition) is 0. The van der Waals surface area contributed by atoms with Gasteiger partial charge in [-0.15, -0.1) is 0 Å². The lowest BCUT2D eigenvalue weighted by molar-refractivity contribution is 0.317. The van der Waals surface area contributed by atoms with E-state index in [1.807, 2.05) is 28.8 Å². The molecule has 3 rings (SSSR count). The average Bonchev–Trinajstić information content (AvgIpc) is 3.10. The number of ether oxygens (including phenoxy) is 1. The predicted molar refractivity (Wildman–Crippen MR) is 95.2 cm³/mol. The smallest absolute Gasteiger partial charge is 0.138 e. The minimum Gasteiger partial charge on any atom is -0.772 e. The van der Waals surface area contributed by atoms with Gasteiger partial charge in [-0.05, 0) is 42.3 Å². The zero-order valence-corrected chi connectivity index (χ0v) is 14.6. The summed E-state index contributed by atoms with van der Waals surface area (Å²) in [7, 11) is 0. The summed E-state index contributed by atoms with van der Waals surface area (Å²) < 4.78 is 29.0. The molecule has 0 aliphatic heterocycles. The van der Waals surface area contributed by atoms with Crippen LogP contribution in [0.4, 0.5) is 0 Å². The molecule has 6 nitrogen and oxygen atoms in total. The number of hydrogen-bond acceptors (Lipinski definition) is 5. The molecule has 3 aromatic rings. The monoisotopic (exact) mass is 356 g/mol. The van der Waals surface area contributed by atoms with E-state index in [0.717, 1.165) is 23.4 Å². The molecule has 1 atom stereocenters. The molecule has 25 heavy (non-hydrogen) atoms. The second kappa shape index (κ2) is 8.04. The van der Waals surface area contributed by atoms with Crippen molar-refractivity contribution in [1.29, 1.82) is 0 Å². The zero-order chi connectivity index (χ0) is 17.6. The van der Waals surface area contributed by atoms with Gasteiger partial charge < -0.3 is 9.29 Å². The number of benzene rings is 1. The fourth-order valence-electron chi connectivity index (χ4n) is 2.41. The van der Waals surface area contributed by atoms with Crippen LogP contribution in [0.3, 0.4) is 0 Å². The maximum Gasteiger partial charge on any atom is 0.138 e. The Morgan fingerprint density at radius 1 is 1.16 bits per heavy atom. The second-order valence-electron chi connectivity index (χ2n) is 5.49. The van der Waals surface area contributed by atoms with Crippen molar-refractivity contribution in [3.8, 4) is 22.8 Å². The molecule has 0 saturated carbocycles. The summed E-state index contributed by atoms with van der Waals surface area (Å²) >= 11 is -2.12. The van der Waals surface area contributed by atoms with E-state index in [0.29, 0.717) is 18.0 Å². The largest absolute Gasteiger partial charge is 0.772 e. The van der Waals surface area contributed by atoms with E-state index >= 15 is 0 Å². The molecule has 0 N–H and O–H groups in total.